The summed E-state index contributed by atoms with van der Waals surface area (Å²) in [5.41, 5.74) is 1.44. The Kier molecular flexibility index (Phi) is 4.97. The second-order valence-corrected chi connectivity index (χ2v) is 9.19. The average molecular weight is 425 g/mol. The van der Waals surface area contributed by atoms with Gasteiger partial charge in [0.05, 0.1) is 10.6 Å². The lowest BCUT2D eigenvalue weighted by atomic mass is 10.1. The summed E-state index contributed by atoms with van der Waals surface area (Å²) in [7, 11) is 0. The second kappa shape index (κ2) is 7.76. The van der Waals surface area contributed by atoms with Gasteiger partial charge in [-0.3, -0.25) is 14.2 Å². The minimum absolute atomic E-state index is 0.0338. The predicted molar refractivity (Wildman–Crippen MR) is 115 cm³/mol. The van der Waals surface area contributed by atoms with E-state index in [9.17, 15) is 9.59 Å². The zero-order chi connectivity index (χ0) is 19.8. The van der Waals surface area contributed by atoms with Crippen LogP contribution in [0.5, 0.6) is 0 Å². The molecule has 1 aliphatic heterocycles. The number of thiophene rings is 1. The number of hydrogen-bond acceptors (Lipinski definition) is 6. The van der Waals surface area contributed by atoms with Gasteiger partial charge in [0, 0.05) is 30.3 Å². The first kappa shape index (κ1) is 18.6. The van der Waals surface area contributed by atoms with Crippen molar-refractivity contribution in [2.45, 2.75) is 36.9 Å². The Balaban J connectivity index is 1.32. The molecule has 6 nitrogen and oxygen atoms in total. The first-order valence-corrected chi connectivity index (χ1v) is 11.6. The number of Topliss-reactive ketones (excluding diaryl/α,β-unsaturated/α-hetero) is 1. The molecule has 1 saturated carbocycles. The Morgan fingerprint density at radius 1 is 1.21 bits per heavy atom. The molecule has 0 bridgehead atoms. The number of anilines is 1. The number of carbonyl (C=O) groups is 2. The monoisotopic (exact) mass is 424 g/mol. The highest BCUT2D eigenvalue weighted by molar-refractivity contribution is 7.99. The molecule has 0 unspecified atom stereocenters. The Hall–Kier alpha value is -2.45. The fourth-order valence-corrected chi connectivity index (χ4v) is 5.20. The van der Waals surface area contributed by atoms with Gasteiger partial charge >= 0.3 is 0 Å². The molecule has 0 radical (unpaired) electrons. The van der Waals surface area contributed by atoms with E-state index in [1.165, 1.54) is 11.8 Å². The fourth-order valence-electron chi connectivity index (χ4n) is 3.59. The van der Waals surface area contributed by atoms with Crippen molar-refractivity contribution in [2.75, 3.05) is 17.2 Å². The van der Waals surface area contributed by atoms with Crippen LogP contribution in [0, 0.1) is 0 Å². The van der Waals surface area contributed by atoms with Crippen LogP contribution in [-0.2, 0) is 4.79 Å². The molecule has 29 heavy (non-hydrogen) atoms. The Bertz CT molecular complexity index is 1060. The standard InChI is InChI=1S/C21H20N4O2S2/c26-17(14-4-1-5-16(12-14)24-10-2-7-19(24)27)13-29-21-23-22-20(18-6-3-11-28-18)25(21)15-8-9-15/h1,3-6,11-12,15H,2,7-10,13H2. The number of hydrogen-bond donors (Lipinski definition) is 0. The smallest absolute Gasteiger partial charge is 0.227 e. The van der Waals surface area contributed by atoms with E-state index >= 15 is 0 Å². The van der Waals surface area contributed by atoms with Crippen LogP contribution in [0.2, 0.25) is 0 Å². The van der Waals surface area contributed by atoms with Crippen molar-refractivity contribution in [1.29, 1.82) is 0 Å². The molecule has 148 valence electrons. The van der Waals surface area contributed by atoms with Crippen molar-refractivity contribution < 1.29 is 9.59 Å². The maximum absolute atomic E-state index is 12.8. The Labute approximate surface area is 176 Å². The minimum Gasteiger partial charge on any atom is -0.312 e. The van der Waals surface area contributed by atoms with E-state index in [0.717, 1.165) is 47.4 Å². The van der Waals surface area contributed by atoms with Crippen molar-refractivity contribution in [1.82, 2.24) is 14.8 Å². The van der Waals surface area contributed by atoms with Crippen molar-refractivity contribution in [3.63, 3.8) is 0 Å². The SMILES string of the molecule is O=C(CSc1nnc(-c2cccs2)n1C1CC1)c1cccc(N2CCCC2=O)c1. The summed E-state index contributed by atoms with van der Waals surface area (Å²) in [4.78, 5) is 27.7. The van der Waals surface area contributed by atoms with Crippen LogP contribution in [0.25, 0.3) is 10.7 Å². The van der Waals surface area contributed by atoms with Gasteiger partial charge in [-0.05, 0) is 42.8 Å². The summed E-state index contributed by atoms with van der Waals surface area (Å²) < 4.78 is 2.18. The number of thioether (sulfide) groups is 1. The molecule has 5 rings (SSSR count). The van der Waals surface area contributed by atoms with Gasteiger partial charge in [0.1, 0.15) is 0 Å². The number of rotatable bonds is 7. The third-order valence-corrected chi connectivity index (χ3v) is 7.01. The third-order valence-electron chi connectivity index (χ3n) is 5.20. The number of carbonyl (C=O) groups excluding carboxylic acids is 2. The van der Waals surface area contributed by atoms with Crippen molar-refractivity contribution >= 4 is 40.5 Å². The first-order valence-electron chi connectivity index (χ1n) is 9.76. The molecule has 2 aromatic heterocycles. The van der Waals surface area contributed by atoms with Crippen LogP contribution in [0.4, 0.5) is 5.69 Å². The van der Waals surface area contributed by atoms with Gasteiger partial charge in [0.25, 0.3) is 0 Å². The van der Waals surface area contributed by atoms with Crippen LogP contribution >= 0.6 is 23.1 Å². The van der Waals surface area contributed by atoms with E-state index in [-0.39, 0.29) is 11.7 Å². The molecule has 2 fully saturated rings. The minimum atomic E-state index is 0.0338. The zero-order valence-electron chi connectivity index (χ0n) is 15.8. The molecule has 1 saturated heterocycles. The van der Waals surface area contributed by atoms with E-state index in [1.54, 1.807) is 16.2 Å². The molecule has 0 atom stereocenters. The number of nitrogens with zero attached hydrogens (tertiary/aromatic N) is 4. The predicted octanol–water partition coefficient (Wildman–Crippen LogP) is 4.44. The van der Waals surface area contributed by atoms with E-state index in [1.807, 2.05) is 35.7 Å². The van der Waals surface area contributed by atoms with Gasteiger partial charge in [-0.2, -0.15) is 0 Å². The molecule has 3 aromatic rings. The maximum Gasteiger partial charge on any atom is 0.227 e. The van der Waals surface area contributed by atoms with Crippen LogP contribution in [0.1, 0.15) is 42.1 Å². The van der Waals surface area contributed by atoms with Crippen molar-refractivity contribution in [2.24, 2.45) is 0 Å². The van der Waals surface area contributed by atoms with Gasteiger partial charge in [-0.25, -0.2) is 0 Å². The van der Waals surface area contributed by atoms with E-state index < -0.39 is 0 Å². The molecular formula is C21H20N4O2S2. The molecule has 0 N–H and O–H groups in total. The largest absolute Gasteiger partial charge is 0.312 e. The highest BCUT2D eigenvalue weighted by Crippen LogP contribution is 2.41. The lowest BCUT2D eigenvalue weighted by Gasteiger charge is -2.16. The lowest BCUT2D eigenvalue weighted by molar-refractivity contribution is -0.117. The van der Waals surface area contributed by atoms with Crippen LogP contribution in [0.3, 0.4) is 0 Å². The quantitative estimate of drug-likeness (QED) is 0.414. The number of amides is 1. The molecule has 0 spiro atoms. The topological polar surface area (TPSA) is 68.1 Å². The van der Waals surface area contributed by atoms with Crippen LogP contribution in [-0.4, -0.2) is 38.8 Å². The summed E-state index contributed by atoms with van der Waals surface area (Å²) in [6, 6.07) is 11.9. The lowest BCUT2D eigenvalue weighted by Crippen LogP contribution is -2.23. The van der Waals surface area contributed by atoms with E-state index in [4.69, 9.17) is 0 Å². The zero-order valence-corrected chi connectivity index (χ0v) is 17.4. The third kappa shape index (κ3) is 3.74. The fraction of sp³-hybridized carbons (Fsp3) is 0.333. The number of ketones is 1. The summed E-state index contributed by atoms with van der Waals surface area (Å²) >= 11 is 3.09. The molecule has 8 heteroatoms. The van der Waals surface area contributed by atoms with Crippen LogP contribution in [0.15, 0.2) is 46.9 Å². The highest BCUT2D eigenvalue weighted by atomic mass is 32.2. The molecule has 1 aromatic carbocycles. The highest BCUT2D eigenvalue weighted by Gasteiger charge is 2.30. The number of aromatic nitrogens is 3. The summed E-state index contributed by atoms with van der Waals surface area (Å²) in [6.07, 6.45) is 3.71. The molecule has 3 heterocycles. The Morgan fingerprint density at radius 2 is 2.10 bits per heavy atom. The van der Waals surface area contributed by atoms with Gasteiger partial charge in [-0.15, -0.1) is 21.5 Å². The van der Waals surface area contributed by atoms with E-state index in [0.29, 0.717) is 23.8 Å². The first-order chi connectivity index (χ1) is 14.2. The van der Waals surface area contributed by atoms with Gasteiger partial charge in [0.2, 0.25) is 5.91 Å². The Morgan fingerprint density at radius 3 is 2.83 bits per heavy atom. The summed E-state index contributed by atoms with van der Waals surface area (Å²) in [5.74, 6) is 1.35. The molecule has 1 amide bonds. The van der Waals surface area contributed by atoms with Crippen molar-refractivity contribution in [3.8, 4) is 10.7 Å². The molecular weight excluding hydrogens is 404 g/mol. The molecule has 1 aliphatic carbocycles. The van der Waals surface area contributed by atoms with Crippen LogP contribution < -0.4 is 4.90 Å². The van der Waals surface area contributed by atoms with Crippen molar-refractivity contribution in [3.05, 3.63) is 47.3 Å². The van der Waals surface area contributed by atoms with Gasteiger partial charge in [-0.1, -0.05) is 30.0 Å². The van der Waals surface area contributed by atoms with Gasteiger partial charge < -0.3 is 4.90 Å². The normalized spacial score (nSPS) is 16.6. The van der Waals surface area contributed by atoms with Gasteiger partial charge in [0.15, 0.2) is 16.8 Å². The second-order valence-electron chi connectivity index (χ2n) is 7.30. The molecule has 2 aliphatic rings. The summed E-state index contributed by atoms with van der Waals surface area (Å²) in [5, 5.41) is 11.6. The number of benzene rings is 1. The summed E-state index contributed by atoms with van der Waals surface area (Å²) in [6.45, 7) is 0.723. The van der Waals surface area contributed by atoms with E-state index in [2.05, 4.69) is 20.8 Å². The maximum atomic E-state index is 12.8. The average Bonchev–Trinajstić information content (AvgIpc) is 3.13.